The van der Waals surface area contributed by atoms with Crippen LogP contribution >= 0.6 is 0 Å². The van der Waals surface area contributed by atoms with Gasteiger partial charge in [0.15, 0.2) is 8.07 Å². The van der Waals surface area contributed by atoms with Crippen LogP contribution in [0.2, 0.25) is 0 Å². The molecule has 3 heteroatoms. The van der Waals surface area contributed by atoms with E-state index in [2.05, 4.69) is 312 Å². The van der Waals surface area contributed by atoms with Crippen LogP contribution in [0.4, 0.5) is 0 Å². The third-order valence-corrected chi connectivity index (χ3v) is 20.6. The first kappa shape index (κ1) is 45.1. The van der Waals surface area contributed by atoms with Crippen molar-refractivity contribution in [1.29, 1.82) is 0 Å². The monoisotopic (exact) mass is 984 g/mol. The highest BCUT2D eigenvalue weighted by atomic mass is 28.3. The summed E-state index contributed by atoms with van der Waals surface area (Å²) in [6.45, 7) is 0. The number of aromatic nitrogens is 2. The standard InChI is InChI=1S/C73H52N2Si/c1-6-25-52(26-7-1)55-31-20-33-57(49-55)63-43-23-42-62(54-29-10-3-11-30-54)73(63)75-67-45-19-17-41-65(67)72-69(47-24-48-70(72)75)74-66-44-18-16-40-64(66)71-58(34-22-46-68(71)74)51-76(59-35-12-4-13-36-59,60-37-14-5-15-38-60)61-39-21-32-56(50-61)53-27-8-2-9-28-53/h1-50H,51H2. The fraction of sp³-hybridized carbons (Fsp3) is 0.0137. The number of para-hydroxylation sites is 3. The van der Waals surface area contributed by atoms with E-state index in [1.54, 1.807) is 0 Å². The second kappa shape index (κ2) is 19.1. The number of benzene rings is 12. The molecule has 358 valence electrons. The molecule has 0 N–H and O–H groups in total. The van der Waals surface area contributed by atoms with Gasteiger partial charge in [-0.2, -0.15) is 0 Å². The molecule has 0 amide bonds. The maximum atomic E-state index is 2.56. The van der Waals surface area contributed by atoms with Crippen molar-refractivity contribution in [2.45, 2.75) is 6.04 Å². The Labute approximate surface area is 444 Å². The molecule has 0 fully saturated rings. The molecule has 0 aliphatic rings. The Bertz CT molecular complexity index is 4370. The normalized spacial score (nSPS) is 11.7. The van der Waals surface area contributed by atoms with Crippen molar-refractivity contribution in [3.63, 3.8) is 0 Å². The molecule has 0 spiro atoms. The van der Waals surface area contributed by atoms with Gasteiger partial charge in [-0.05, 0) is 96.9 Å². The van der Waals surface area contributed by atoms with Crippen molar-refractivity contribution in [3.8, 4) is 55.9 Å². The van der Waals surface area contributed by atoms with Gasteiger partial charge in [0.2, 0.25) is 0 Å². The van der Waals surface area contributed by atoms with E-state index >= 15 is 0 Å². The molecule has 14 rings (SSSR count). The maximum absolute atomic E-state index is 2.82. The highest BCUT2D eigenvalue weighted by Gasteiger charge is 2.40. The van der Waals surface area contributed by atoms with Crippen LogP contribution in [0.25, 0.3) is 99.5 Å². The predicted molar refractivity (Wildman–Crippen MR) is 325 cm³/mol. The third-order valence-electron chi connectivity index (χ3n) is 15.8. The summed E-state index contributed by atoms with van der Waals surface area (Å²) in [5, 5.41) is 9.17. The van der Waals surface area contributed by atoms with E-state index in [1.165, 1.54) is 98.2 Å². The van der Waals surface area contributed by atoms with Crippen molar-refractivity contribution < 1.29 is 0 Å². The van der Waals surface area contributed by atoms with Crippen molar-refractivity contribution in [2.24, 2.45) is 0 Å². The zero-order chi connectivity index (χ0) is 50.4. The van der Waals surface area contributed by atoms with Crippen LogP contribution < -0.4 is 15.6 Å². The lowest BCUT2D eigenvalue weighted by Gasteiger charge is -2.34. The summed E-state index contributed by atoms with van der Waals surface area (Å²) in [6, 6.07) is 113. The first-order valence-electron chi connectivity index (χ1n) is 26.4. The summed E-state index contributed by atoms with van der Waals surface area (Å²) in [6.07, 6.45) is 0. The van der Waals surface area contributed by atoms with Crippen LogP contribution in [0.1, 0.15) is 5.56 Å². The van der Waals surface area contributed by atoms with Gasteiger partial charge in [0, 0.05) is 32.7 Å². The van der Waals surface area contributed by atoms with Crippen LogP contribution in [0.15, 0.2) is 303 Å². The van der Waals surface area contributed by atoms with E-state index in [4.69, 9.17) is 0 Å². The number of fused-ring (bicyclic) bond motifs is 6. The van der Waals surface area contributed by atoms with Gasteiger partial charge in [0.05, 0.1) is 33.4 Å². The number of hydrogen-bond acceptors (Lipinski definition) is 0. The molecule has 0 bridgehead atoms. The Morgan fingerprint density at radius 1 is 0.263 bits per heavy atom. The van der Waals surface area contributed by atoms with Crippen molar-refractivity contribution in [1.82, 2.24) is 9.13 Å². The predicted octanol–water partition coefficient (Wildman–Crippen LogP) is 16.8. The number of hydrogen-bond donors (Lipinski definition) is 0. The van der Waals surface area contributed by atoms with Gasteiger partial charge in [0.25, 0.3) is 0 Å². The lowest BCUT2D eigenvalue weighted by molar-refractivity contribution is 1.17. The third kappa shape index (κ3) is 7.55. The van der Waals surface area contributed by atoms with Crippen LogP contribution in [-0.2, 0) is 6.04 Å². The van der Waals surface area contributed by atoms with E-state index in [9.17, 15) is 0 Å². The maximum Gasteiger partial charge on any atom is 0.152 e. The lowest BCUT2D eigenvalue weighted by atomic mass is 9.93. The van der Waals surface area contributed by atoms with Gasteiger partial charge in [-0.1, -0.05) is 267 Å². The topological polar surface area (TPSA) is 9.86 Å². The fourth-order valence-electron chi connectivity index (χ4n) is 12.4. The highest BCUT2D eigenvalue weighted by Crippen LogP contribution is 2.45. The Hall–Kier alpha value is -9.54. The average molecular weight is 985 g/mol. The van der Waals surface area contributed by atoms with E-state index in [1.807, 2.05) is 0 Å². The lowest BCUT2D eigenvalue weighted by Crippen LogP contribution is -2.69. The van der Waals surface area contributed by atoms with Crippen molar-refractivity contribution >= 4 is 67.2 Å². The smallest absolute Gasteiger partial charge is 0.152 e. The molecule has 12 aromatic carbocycles. The average Bonchev–Trinajstić information content (AvgIpc) is 4.16. The first-order chi connectivity index (χ1) is 37.7. The second-order valence-corrected chi connectivity index (χ2v) is 23.9. The van der Waals surface area contributed by atoms with Crippen LogP contribution in [0.5, 0.6) is 0 Å². The molecule has 0 atom stereocenters. The molecular weight excluding hydrogens is 933 g/mol. The molecule has 2 nitrogen and oxygen atoms in total. The van der Waals surface area contributed by atoms with E-state index in [-0.39, 0.29) is 0 Å². The molecule has 0 radical (unpaired) electrons. The SMILES string of the molecule is c1ccc(-c2cccc(-c3cccc(-c4ccccc4)c3-n3c4ccccc4c4c(-n5c6ccccc6c6c(C[Si](c7ccccc7)(c7ccccc7)c7cccc(-c8ccccc8)c7)cccc65)cccc43)c2)cc1. The Balaban J connectivity index is 1.02. The molecule has 14 aromatic rings. The van der Waals surface area contributed by atoms with Gasteiger partial charge >= 0.3 is 0 Å². The van der Waals surface area contributed by atoms with E-state index < -0.39 is 8.07 Å². The quantitative estimate of drug-likeness (QED) is 0.0903. The minimum atomic E-state index is -2.82. The summed E-state index contributed by atoms with van der Waals surface area (Å²) < 4.78 is 5.11. The fourth-order valence-corrected chi connectivity index (χ4v) is 17.2. The van der Waals surface area contributed by atoms with E-state index in [0.29, 0.717) is 0 Å². The van der Waals surface area contributed by atoms with Gasteiger partial charge in [-0.3, -0.25) is 0 Å². The Morgan fingerprint density at radius 3 is 1.30 bits per heavy atom. The summed E-state index contributed by atoms with van der Waals surface area (Å²) in [4.78, 5) is 0. The molecule has 2 heterocycles. The number of nitrogens with zero attached hydrogens (tertiary/aromatic N) is 2. The highest BCUT2D eigenvalue weighted by molar-refractivity contribution is 7.11. The van der Waals surface area contributed by atoms with Gasteiger partial charge in [-0.15, -0.1) is 0 Å². The summed E-state index contributed by atoms with van der Waals surface area (Å²) >= 11 is 0. The largest absolute Gasteiger partial charge is 0.309 e. The zero-order valence-electron chi connectivity index (χ0n) is 42.0. The van der Waals surface area contributed by atoms with Gasteiger partial charge in [-0.25, -0.2) is 0 Å². The van der Waals surface area contributed by atoms with Crippen LogP contribution in [0, 0.1) is 0 Å². The van der Waals surface area contributed by atoms with Gasteiger partial charge < -0.3 is 9.13 Å². The van der Waals surface area contributed by atoms with Crippen LogP contribution in [0.3, 0.4) is 0 Å². The van der Waals surface area contributed by atoms with E-state index in [0.717, 1.165) is 28.5 Å². The Morgan fingerprint density at radius 2 is 0.671 bits per heavy atom. The summed E-state index contributed by atoms with van der Waals surface area (Å²) in [5.41, 5.74) is 17.9. The molecule has 0 saturated carbocycles. The molecule has 76 heavy (non-hydrogen) atoms. The molecular formula is C73H52N2Si. The van der Waals surface area contributed by atoms with Crippen molar-refractivity contribution in [3.05, 3.63) is 309 Å². The summed E-state index contributed by atoms with van der Waals surface area (Å²) in [7, 11) is -2.82. The van der Waals surface area contributed by atoms with Crippen LogP contribution in [-0.4, -0.2) is 17.2 Å². The second-order valence-electron chi connectivity index (χ2n) is 20.0. The Kier molecular flexibility index (Phi) is 11.3. The first-order valence-corrected chi connectivity index (χ1v) is 28.6. The van der Waals surface area contributed by atoms with Crippen molar-refractivity contribution in [2.75, 3.05) is 0 Å². The minimum absolute atomic E-state index is 0.874. The summed E-state index contributed by atoms with van der Waals surface area (Å²) in [5.74, 6) is 0. The molecule has 0 aliphatic carbocycles. The zero-order valence-corrected chi connectivity index (χ0v) is 43.0. The molecule has 2 aromatic heterocycles. The minimum Gasteiger partial charge on any atom is -0.309 e. The number of rotatable bonds is 11. The molecule has 0 aliphatic heterocycles. The molecule has 0 unspecified atom stereocenters. The van der Waals surface area contributed by atoms with Gasteiger partial charge in [0.1, 0.15) is 0 Å². The molecule has 0 saturated heterocycles.